The molecule has 3 aromatic carbocycles. The van der Waals surface area contributed by atoms with Gasteiger partial charge in [-0.05, 0) is 48.4 Å². The largest absolute Gasteiger partial charge is 0.507 e. The second kappa shape index (κ2) is 9.01. The minimum Gasteiger partial charge on any atom is -0.507 e. The van der Waals surface area contributed by atoms with Crippen LogP contribution in [0.25, 0.3) is 22.1 Å². The van der Waals surface area contributed by atoms with Crippen molar-refractivity contribution in [1.29, 1.82) is 0 Å². The second-order valence-corrected chi connectivity index (χ2v) is 8.88. The Balaban J connectivity index is 1.34. The maximum Gasteiger partial charge on any atom is 0.336 e. The summed E-state index contributed by atoms with van der Waals surface area (Å²) < 4.78 is 5.52. The number of quaternary nitrogens is 1. The molecule has 4 heteroatoms. The van der Waals surface area contributed by atoms with Crippen LogP contribution in [0, 0.1) is 5.92 Å². The molecule has 5 rings (SSSR count). The summed E-state index contributed by atoms with van der Waals surface area (Å²) in [4.78, 5) is 13.8. The standard InChI is InChI=1S/C28H27NO3/c30-26-17-25-23(16-28(31)32-27(25)18-24(26)22-9-5-2-6-10-22)19-29-13-11-21(12-14-29)15-20-7-3-1-4-8-20/h1-10,16-18,21,30H,11-15,19H2/p+1. The molecule has 0 radical (unpaired) electrons. The first-order chi connectivity index (χ1) is 15.7. The molecule has 1 aliphatic heterocycles. The van der Waals surface area contributed by atoms with Crippen molar-refractivity contribution in [3.63, 3.8) is 0 Å². The lowest BCUT2D eigenvalue weighted by Crippen LogP contribution is -3.11. The van der Waals surface area contributed by atoms with Gasteiger partial charge in [0.05, 0.1) is 13.1 Å². The molecule has 0 atom stereocenters. The predicted molar refractivity (Wildman–Crippen MR) is 127 cm³/mol. The van der Waals surface area contributed by atoms with E-state index in [9.17, 15) is 9.90 Å². The fraction of sp³-hybridized carbons (Fsp3) is 0.250. The number of hydrogen-bond acceptors (Lipinski definition) is 3. The molecule has 0 spiro atoms. The van der Waals surface area contributed by atoms with E-state index in [0.717, 1.165) is 48.5 Å². The summed E-state index contributed by atoms with van der Waals surface area (Å²) in [6, 6.07) is 25.5. The second-order valence-electron chi connectivity index (χ2n) is 8.88. The van der Waals surface area contributed by atoms with E-state index in [1.807, 2.05) is 30.3 Å². The normalized spacial score (nSPS) is 18.6. The van der Waals surface area contributed by atoms with E-state index in [2.05, 4.69) is 30.3 Å². The molecule has 162 valence electrons. The monoisotopic (exact) mass is 426 g/mol. The zero-order valence-corrected chi connectivity index (χ0v) is 18.1. The molecule has 2 heterocycles. The maximum atomic E-state index is 12.3. The van der Waals surface area contributed by atoms with Gasteiger partial charge in [-0.25, -0.2) is 4.79 Å². The van der Waals surface area contributed by atoms with Crippen molar-refractivity contribution in [2.45, 2.75) is 25.8 Å². The molecule has 4 aromatic rings. The van der Waals surface area contributed by atoms with Crippen LogP contribution < -0.4 is 10.5 Å². The fourth-order valence-electron chi connectivity index (χ4n) is 4.94. The third-order valence-corrected chi connectivity index (χ3v) is 6.65. The highest BCUT2D eigenvalue weighted by Gasteiger charge is 2.24. The first kappa shape index (κ1) is 20.5. The average molecular weight is 427 g/mol. The van der Waals surface area contributed by atoms with Crippen molar-refractivity contribution in [2.24, 2.45) is 5.92 Å². The minimum absolute atomic E-state index is 0.204. The van der Waals surface area contributed by atoms with Gasteiger partial charge in [-0.1, -0.05) is 60.7 Å². The Morgan fingerprint density at radius 1 is 0.906 bits per heavy atom. The van der Waals surface area contributed by atoms with Gasteiger partial charge in [0, 0.05) is 22.6 Å². The van der Waals surface area contributed by atoms with Crippen molar-refractivity contribution in [2.75, 3.05) is 13.1 Å². The third-order valence-electron chi connectivity index (χ3n) is 6.65. The van der Waals surface area contributed by atoms with Gasteiger partial charge in [0.25, 0.3) is 0 Å². The van der Waals surface area contributed by atoms with E-state index >= 15 is 0 Å². The van der Waals surface area contributed by atoms with Gasteiger partial charge in [0.15, 0.2) is 0 Å². The molecule has 1 fully saturated rings. The lowest BCUT2D eigenvalue weighted by Gasteiger charge is -2.29. The summed E-state index contributed by atoms with van der Waals surface area (Å²) in [5.41, 5.74) is 4.12. The van der Waals surface area contributed by atoms with Gasteiger partial charge in [-0.2, -0.15) is 0 Å². The molecule has 4 nitrogen and oxygen atoms in total. The van der Waals surface area contributed by atoms with Crippen molar-refractivity contribution < 1.29 is 14.4 Å². The molecular formula is C28H28NO3+. The number of rotatable bonds is 5. The lowest BCUT2D eigenvalue weighted by atomic mass is 9.90. The third kappa shape index (κ3) is 4.46. The quantitative estimate of drug-likeness (QED) is 0.470. The first-order valence-corrected chi connectivity index (χ1v) is 11.4. The Hall–Kier alpha value is -3.37. The lowest BCUT2D eigenvalue weighted by molar-refractivity contribution is -0.919. The van der Waals surface area contributed by atoms with Crippen LogP contribution in [0.5, 0.6) is 5.75 Å². The van der Waals surface area contributed by atoms with Crippen LogP contribution in [0.15, 0.2) is 88.1 Å². The summed E-state index contributed by atoms with van der Waals surface area (Å²) >= 11 is 0. The van der Waals surface area contributed by atoms with Crippen LogP contribution in [-0.2, 0) is 13.0 Å². The van der Waals surface area contributed by atoms with E-state index in [-0.39, 0.29) is 11.4 Å². The van der Waals surface area contributed by atoms with Crippen LogP contribution in [-0.4, -0.2) is 18.2 Å². The van der Waals surface area contributed by atoms with Crippen molar-refractivity contribution in [3.05, 3.63) is 100 Å². The Bertz CT molecular complexity index is 1260. The molecule has 0 unspecified atom stereocenters. The summed E-state index contributed by atoms with van der Waals surface area (Å²) in [7, 11) is 0. The number of phenolic OH excluding ortho intramolecular Hbond substituents is 1. The molecule has 1 aromatic heterocycles. The number of aromatic hydroxyl groups is 1. The SMILES string of the molecule is O=c1cc(C[NH+]2CCC(Cc3ccccc3)CC2)c2cc(O)c(-c3ccccc3)cc2o1. The summed E-state index contributed by atoms with van der Waals surface area (Å²) in [5.74, 6) is 0.923. The number of fused-ring (bicyclic) bond motifs is 1. The Kier molecular flexibility index (Phi) is 5.78. The number of hydrogen-bond donors (Lipinski definition) is 2. The molecule has 0 bridgehead atoms. The highest BCUT2D eigenvalue weighted by atomic mass is 16.4. The Labute approximate surface area is 187 Å². The van der Waals surface area contributed by atoms with Crippen LogP contribution in [0.4, 0.5) is 0 Å². The van der Waals surface area contributed by atoms with E-state index in [1.165, 1.54) is 23.3 Å². The van der Waals surface area contributed by atoms with E-state index in [0.29, 0.717) is 11.1 Å². The molecule has 0 amide bonds. The molecule has 0 saturated carbocycles. The van der Waals surface area contributed by atoms with E-state index < -0.39 is 0 Å². The molecular weight excluding hydrogens is 398 g/mol. The zero-order valence-electron chi connectivity index (χ0n) is 18.1. The van der Waals surface area contributed by atoms with Crippen molar-refractivity contribution >= 4 is 11.0 Å². The van der Waals surface area contributed by atoms with Crippen LogP contribution in [0.3, 0.4) is 0 Å². The highest BCUT2D eigenvalue weighted by molar-refractivity contribution is 5.88. The smallest absolute Gasteiger partial charge is 0.336 e. The molecule has 32 heavy (non-hydrogen) atoms. The average Bonchev–Trinajstić information content (AvgIpc) is 2.82. The van der Waals surface area contributed by atoms with Crippen LogP contribution in [0.1, 0.15) is 24.0 Å². The summed E-state index contributed by atoms with van der Waals surface area (Å²) in [6.45, 7) is 2.95. The zero-order chi connectivity index (χ0) is 21.9. The van der Waals surface area contributed by atoms with Gasteiger partial charge in [0.1, 0.15) is 17.9 Å². The van der Waals surface area contributed by atoms with E-state index in [1.54, 1.807) is 18.2 Å². The van der Waals surface area contributed by atoms with Gasteiger partial charge in [-0.3, -0.25) is 0 Å². The Morgan fingerprint density at radius 2 is 1.59 bits per heavy atom. The van der Waals surface area contributed by atoms with Gasteiger partial charge in [-0.15, -0.1) is 0 Å². The van der Waals surface area contributed by atoms with Gasteiger partial charge >= 0.3 is 5.63 Å². The van der Waals surface area contributed by atoms with Crippen molar-refractivity contribution in [3.8, 4) is 16.9 Å². The van der Waals surface area contributed by atoms with Crippen molar-refractivity contribution in [1.82, 2.24) is 0 Å². The minimum atomic E-state index is -0.337. The number of likely N-dealkylation sites (tertiary alicyclic amines) is 1. The summed E-state index contributed by atoms with van der Waals surface area (Å²) in [5, 5.41) is 11.5. The molecule has 0 aliphatic carbocycles. The molecule has 1 aliphatic rings. The summed E-state index contributed by atoms with van der Waals surface area (Å²) in [6.07, 6.45) is 3.52. The topological polar surface area (TPSA) is 54.9 Å². The molecule has 2 N–H and O–H groups in total. The first-order valence-electron chi connectivity index (χ1n) is 11.4. The maximum absolute atomic E-state index is 12.3. The number of nitrogens with one attached hydrogen (secondary N) is 1. The highest BCUT2D eigenvalue weighted by Crippen LogP contribution is 2.34. The van der Waals surface area contributed by atoms with Crippen LogP contribution >= 0.6 is 0 Å². The van der Waals surface area contributed by atoms with Gasteiger partial charge < -0.3 is 14.4 Å². The van der Waals surface area contributed by atoms with Crippen LogP contribution in [0.2, 0.25) is 0 Å². The van der Waals surface area contributed by atoms with E-state index in [4.69, 9.17) is 4.42 Å². The Morgan fingerprint density at radius 3 is 2.31 bits per heavy atom. The molecule has 1 saturated heterocycles. The number of benzene rings is 3. The number of piperidine rings is 1. The number of phenols is 1. The fourth-order valence-corrected chi connectivity index (χ4v) is 4.94. The predicted octanol–water partition coefficient (Wildman–Crippen LogP) is 4.20. The van der Waals surface area contributed by atoms with Gasteiger partial charge in [0.2, 0.25) is 0 Å².